The molecule has 0 unspecified atom stereocenters. The summed E-state index contributed by atoms with van der Waals surface area (Å²) in [6.45, 7) is 3.17. The van der Waals surface area contributed by atoms with E-state index in [4.69, 9.17) is 17.3 Å². The average Bonchev–Trinajstić information content (AvgIpc) is 3.15. The topological polar surface area (TPSA) is 99.0 Å². The fourth-order valence-electron chi connectivity index (χ4n) is 4.98. The summed E-state index contributed by atoms with van der Waals surface area (Å²) in [4.78, 5) is 43.4. The number of nitrogens with two attached hydrogens (primary N) is 1. The Kier molecular flexibility index (Phi) is 8.48. The Balaban J connectivity index is 1.38. The van der Waals surface area contributed by atoms with Crippen LogP contribution < -0.4 is 16.0 Å². The maximum Gasteiger partial charge on any atom is 0.250 e. The molecule has 2 aliphatic heterocycles. The summed E-state index contributed by atoms with van der Waals surface area (Å²) in [6.07, 6.45) is 3.67. The molecule has 8 nitrogen and oxygen atoms in total. The van der Waals surface area contributed by atoms with Gasteiger partial charge in [0.25, 0.3) is 0 Å². The van der Waals surface area contributed by atoms with Gasteiger partial charge in [0.1, 0.15) is 5.54 Å². The van der Waals surface area contributed by atoms with E-state index >= 15 is 0 Å². The van der Waals surface area contributed by atoms with Crippen LogP contribution in [0, 0.1) is 6.42 Å². The number of hydrogen-bond acceptors (Lipinski definition) is 5. The number of anilines is 1. The van der Waals surface area contributed by atoms with Gasteiger partial charge in [-0.05, 0) is 49.1 Å². The lowest BCUT2D eigenvalue weighted by Gasteiger charge is -2.43. The van der Waals surface area contributed by atoms with Gasteiger partial charge in [-0.3, -0.25) is 14.4 Å². The summed E-state index contributed by atoms with van der Waals surface area (Å²) >= 11 is 5.95. The molecule has 4 rings (SSSR count). The van der Waals surface area contributed by atoms with Gasteiger partial charge in [-0.25, -0.2) is 0 Å². The number of nitrogens with one attached hydrogen (secondary N) is 1. The number of amides is 3. The number of piperidine rings is 1. The third-order valence-electron chi connectivity index (χ3n) is 7.02. The smallest absolute Gasteiger partial charge is 0.250 e. The summed E-state index contributed by atoms with van der Waals surface area (Å²) in [6, 6.07) is 17.5. The van der Waals surface area contributed by atoms with E-state index in [0.29, 0.717) is 63.7 Å². The van der Waals surface area contributed by atoms with Gasteiger partial charge in [-0.1, -0.05) is 41.9 Å². The van der Waals surface area contributed by atoms with E-state index in [-0.39, 0.29) is 24.1 Å². The Morgan fingerprint density at radius 2 is 1.72 bits per heavy atom. The largest absolute Gasteiger partial charge is 0.370 e. The summed E-state index contributed by atoms with van der Waals surface area (Å²) in [5, 5.41) is 3.86. The zero-order valence-electron chi connectivity index (χ0n) is 20.4. The minimum Gasteiger partial charge on any atom is -0.370 e. The third-order valence-corrected chi connectivity index (χ3v) is 7.27. The Hall–Kier alpha value is -3.10. The minimum absolute atomic E-state index is 0.00739. The summed E-state index contributed by atoms with van der Waals surface area (Å²) in [5.74, 6) is -0.256. The van der Waals surface area contributed by atoms with E-state index in [9.17, 15) is 14.4 Å². The predicted molar refractivity (Wildman–Crippen MR) is 140 cm³/mol. The molecule has 3 amide bonds. The fourth-order valence-corrected chi connectivity index (χ4v) is 5.10. The first-order valence-corrected chi connectivity index (χ1v) is 12.7. The van der Waals surface area contributed by atoms with Crippen LogP contribution in [-0.2, 0) is 20.8 Å². The van der Waals surface area contributed by atoms with Crippen LogP contribution in [0.5, 0.6) is 0 Å². The molecule has 2 aromatic carbocycles. The number of nitrogens with zero attached hydrogens (tertiary/aromatic N) is 3. The lowest BCUT2D eigenvalue weighted by atomic mass is 9.85. The minimum atomic E-state index is -0.665. The Morgan fingerprint density at radius 3 is 2.39 bits per heavy atom. The maximum absolute atomic E-state index is 13.7. The molecule has 3 N–H and O–H groups in total. The van der Waals surface area contributed by atoms with Gasteiger partial charge >= 0.3 is 0 Å². The normalized spacial score (nSPS) is 17.1. The van der Waals surface area contributed by atoms with Crippen molar-refractivity contribution in [1.29, 1.82) is 0 Å². The number of carbonyl (C=O) groups excluding carboxylic acids is 3. The first-order valence-electron chi connectivity index (χ1n) is 12.4. The number of hydrogen-bond donors (Lipinski definition) is 2. The summed E-state index contributed by atoms with van der Waals surface area (Å²) < 4.78 is 0. The second-order valence-corrected chi connectivity index (χ2v) is 9.77. The number of benzene rings is 2. The van der Waals surface area contributed by atoms with Crippen LogP contribution in [0.25, 0.3) is 0 Å². The summed E-state index contributed by atoms with van der Waals surface area (Å²) in [5.41, 5.74) is 6.56. The Bertz CT molecular complexity index is 1050. The van der Waals surface area contributed by atoms with Gasteiger partial charge in [0.2, 0.25) is 17.7 Å². The van der Waals surface area contributed by atoms with E-state index in [1.807, 2.05) is 64.4 Å². The quantitative estimate of drug-likeness (QED) is 0.477. The molecule has 36 heavy (non-hydrogen) atoms. The predicted octanol–water partition coefficient (Wildman–Crippen LogP) is 2.22. The van der Waals surface area contributed by atoms with Crippen molar-refractivity contribution in [1.82, 2.24) is 15.1 Å². The highest BCUT2D eigenvalue weighted by molar-refractivity contribution is 6.30. The Morgan fingerprint density at radius 1 is 1.03 bits per heavy atom. The number of likely N-dealkylation sites (tertiary alicyclic amines) is 1. The second kappa shape index (κ2) is 11.8. The van der Waals surface area contributed by atoms with Crippen molar-refractivity contribution >= 4 is 35.0 Å². The molecular weight excluding hydrogens is 478 g/mol. The molecule has 191 valence electrons. The molecule has 1 radical (unpaired) electrons. The number of rotatable bonds is 10. The number of carbonyl (C=O) groups is 3. The van der Waals surface area contributed by atoms with Gasteiger partial charge in [0.05, 0.1) is 13.1 Å². The molecule has 1 spiro atoms. The van der Waals surface area contributed by atoms with Crippen LogP contribution in [0.1, 0.15) is 24.8 Å². The summed E-state index contributed by atoms with van der Waals surface area (Å²) in [7, 11) is 0. The molecule has 2 aromatic rings. The van der Waals surface area contributed by atoms with Crippen molar-refractivity contribution in [2.75, 3.05) is 44.3 Å². The zero-order chi connectivity index (χ0) is 25.5. The van der Waals surface area contributed by atoms with Crippen molar-refractivity contribution in [3.05, 3.63) is 71.6 Å². The molecule has 0 aliphatic carbocycles. The number of halogens is 1. The van der Waals surface area contributed by atoms with Crippen LogP contribution in [0.3, 0.4) is 0 Å². The first kappa shape index (κ1) is 26.0. The van der Waals surface area contributed by atoms with Crippen molar-refractivity contribution in [2.24, 2.45) is 5.73 Å². The average molecular weight is 511 g/mol. The second-order valence-electron chi connectivity index (χ2n) is 9.33. The highest BCUT2D eigenvalue weighted by Crippen LogP contribution is 2.39. The molecule has 2 heterocycles. The number of primary amides is 1. The SMILES string of the molecule is NC(=O)CCNCCN1CN(c2ccccc2)C2(CCN(C(=O)[CH]Cc3ccc(Cl)cc3)CC2)C1=O. The monoisotopic (exact) mass is 510 g/mol. The molecule has 2 fully saturated rings. The highest BCUT2D eigenvalue weighted by Gasteiger charge is 2.53. The van der Waals surface area contributed by atoms with Crippen molar-refractivity contribution in [3.8, 4) is 0 Å². The zero-order valence-corrected chi connectivity index (χ0v) is 21.1. The molecule has 0 bridgehead atoms. The molecule has 0 atom stereocenters. The van der Waals surface area contributed by atoms with Crippen molar-refractivity contribution < 1.29 is 14.4 Å². The van der Waals surface area contributed by atoms with E-state index < -0.39 is 5.54 Å². The van der Waals surface area contributed by atoms with Gasteiger partial charge < -0.3 is 25.8 Å². The lowest BCUT2D eigenvalue weighted by Crippen LogP contribution is -2.57. The van der Waals surface area contributed by atoms with Crippen LogP contribution in [0.4, 0.5) is 5.69 Å². The van der Waals surface area contributed by atoms with Gasteiger partial charge in [-0.15, -0.1) is 0 Å². The van der Waals surface area contributed by atoms with Crippen molar-refractivity contribution in [2.45, 2.75) is 31.2 Å². The van der Waals surface area contributed by atoms with Crippen LogP contribution >= 0.6 is 11.6 Å². The van der Waals surface area contributed by atoms with Crippen LogP contribution in [0.2, 0.25) is 5.02 Å². The fraction of sp³-hybridized carbons (Fsp3) is 0.407. The molecular formula is C27H33ClN5O3. The van der Waals surface area contributed by atoms with E-state index in [0.717, 1.165) is 11.3 Å². The molecule has 2 aliphatic rings. The van der Waals surface area contributed by atoms with Gasteiger partial charge in [-0.2, -0.15) is 0 Å². The number of para-hydroxylation sites is 1. The molecule has 0 saturated carbocycles. The van der Waals surface area contributed by atoms with Crippen molar-refractivity contribution in [3.63, 3.8) is 0 Å². The van der Waals surface area contributed by atoms with Crippen LogP contribution in [-0.4, -0.2) is 72.5 Å². The first-order chi connectivity index (χ1) is 17.4. The van der Waals surface area contributed by atoms with Crippen LogP contribution in [0.15, 0.2) is 54.6 Å². The van der Waals surface area contributed by atoms with Gasteiger partial charge in [0.15, 0.2) is 0 Å². The van der Waals surface area contributed by atoms with E-state index in [2.05, 4.69) is 10.2 Å². The highest BCUT2D eigenvalue weighted by atomic mass is 35.5. The van der Waals surface area contributed by atoms with E-state index in [1.165, 1.54) is 0 Å². The molecule has 2 saturated heterocycles. The van der Waals surface area contributed by atoms with Gasteiger partial charge in [0, 0.05) is 49.9 Å². The Labute approximate surface area is 217 Å². The molecule has 0 aromatic heterocycles. The third kappa shape index (κ3) is 5.99. The maximum atomic E-state index is 13.7. The lowest BCUT2D eigenvalue weighted by molar-refractivity contribution is -0.137. The van der Waals surface area contributed by atoms with E-state index in [1.54, 1.807) is 6.42 Å². The standard InChI is InChI=1S/C27H33ClN5O3/c28-22-9-6-21(7-10-22)8-11-25(35)31-17-13-27(14-18-31)26(36)32(19-16-30-15-12-24(29)34)20-33(27)23-4-2-1-3-5-23/h1-7,9-11,30H,8,12-20H2,(H2,29,34). The molecule has 9 heteroatoms.